The second kappa shape index (κ2) is 3.26. The molecule has 0 atom stereocenters. The van der Waals surface area contributed by atoms with E-state index >= 15 is 0 Å². The summed E-state index contributed by atoms with van der Waals surface area (Å²) < 4.78 is 0. The number of nitrogens with two attached hydrogens (primary N) is 2. The maximum atomic E-state index is 5.33. The topological polar surface area (TPSA) is 76.4 Å². The number of hydrogen-bond donors (Lipinski definition) is 3. The minimum absolute atomic E-state index is 0.256. The summed E-state index contributed by atoms with van der Waals surface area (Å²) >= 11 is 0. The van der Waals surface area contributed by atoms with E-state index in [4.69, 9.17) is 11.6 Å². The van der Waals surface area contributed by atoms with Crippen LogP contribution in [-0.2, 0) is 0 Å². The van der Waals surface area contributed by atoms with Gasteiger partial charge in [-0.2, -0.15) is 5.10 Å². The van der Waals surface area contributed by atoms with E-state index < -0.39 is 0 Å². The third-order valence-corrected chi connectivity index (χ3v) is 0.785. The number of rotatable bonds is 2. The Morgan fingerprint density at radius 1 is 1.62 bits per heavy atom. The van der Waals surface area contributed by atoms with Crippen molar-refractivity contribution in [2.45, 2.75) is 13.8 Å². The number of hydrogen-bond acceptors (Lipinski definition) is 3. The number of nitrogens with zero attached hydrogens (tertiary/aromatic N) is 1. The highest BCUT2D eigenvalue weighted by Gasteiger charge is 1.95. The summed E-state index contributed by atoms with van der Waals surface area (Å²) in [5, 5.41) is 3.55. The lowest BCUT2D eigenvalue weighted by molar-refractivity contribution is 0.767. The molecule has 48 valence electrons. The van der Waals surface area contributed by atoms with Gasteiger partial charge in [-0.3, -0.25) is 0 Å². The molecule has 5 N–H and O–H groups in total. The summed E-state index contributed by atoms with van der Waals surface area (Å²) in [6, 6.07) is 0. The van der Waals surface area contributed by atoms with Crippen molar-refractivity contribution in [3.63, 3.8) is 0 Å². The molecule has 0 aromatic heterocycles. The van der Waals surface area contributed by atoms with Crippen molar-refractivity contribution in [3.05, 3.63) is 0 Å². The van der Waals surface area contributed by atoms with E-state index in [2.05, 4.69) is 10.6 Å². The van der Waals surface area contributed by atoms with Crippen molar-refractivity contribution in [1.82, 2.24) is 5.53 Å². The monoisotopic (exact) mass is 116 g/mol. The molecule has 0 fully saturated rings. The Labute approximate surface area is 48.9 Å². The Bertz CT molecular complexity index is 86.0. The quantitative estimate of drug-likeness (QED) is 0.195. The summed E-state index contributed by atoms with van der Waals surface area (Å²) in [7, 11) is 0. The van der Waals surface area contributed by atoms with Crippen LogP contribution in [0, 0.1) is 5.92 Å². The average Bonchev–Trinajstić information content (AvgIpc) is 1.67. The molecule has 0 bridgehead atoms. The molecule has 0 saturated carbocycles. The van der Waals surface area contributed by atoms with Crippen LogP contribution in [0.2, 0.25) is 0 Å². The molecule has 0 saturated heterocycles. The van der Waals surface area contributed by atoms with Crippen LogP contribution in [0.1, 0.15) is 13.8 Å². The van der Waals surface area contributed by atoms with Crippen LogP contribution in [0.25, 0.3) is 0 Å². The molecule has 4 nitrogen and oxygen atoms in total. The van der Waals surface area contributed by atoms with Crippen LogP contribution in [-0.4, -0.2) is 5.84 Å². The van der Waals surface area contributed by atoms with E-state index in [-0.39, 0.29) is 5.92 Å². The number of amidine groups is 1. The molecular formula is C4H12N4. The molecule has 0 unspecified atom stereocenters. The first-order chi connectivity index (χ1) is 3.68. The third-order valence-electron chi connectivity index (χ3n) is 0.785. The van der Waals surface area contributed by atoms with Crippen molar-refractivity contribution < 1.29 is 0 Å². The first-order valence-corrected chi connectivity index (χ1v) is 2.47. The van der Waals surface area contributed by atoms with Gasteiger partial charge in [-0.1, -0.05) is 13.8 Å². The van der Waals surface area contributed by atoms with Gasteiger partial charge in [0.05, 0.1) is 0 Å². The summed E-state index contributed by atoms with van der Waals surface area (Å²) in [6.07, 6.45) is 0. The Morgan fingerprint density at radius 3 is 2.25 bits per heavy atom. The van der Waals surface area contributed by atoms with Crippen molar-refractivity contribution in [1.29, 1.82) is 0 Å². The molecule has 0 aromatic carbocycles. The van der Waals surface area contributed by atoms with Crippen LogP contribution in [0.3, 0.4) is 0 Å². The Hall–Kier alpha value is -0.770. The highest BCUT2D eigenvalue weighted by molar-refractivity contribution is 5.81. The maximum Gasteiger partial charge on any atom is 0.123 e. The molecule has 0 aliphatic carbocycles. The molecule has 4 heteroatoms. The lowest BCUT2D eigenvalue weighted by Crippen LogP contribution is -2.25. The van der Waals surface area contributed by atoms with Gasteiger partial charge >= 0.3 is 0 Å². The molecular weight excluding hydrogens is 104 g/mol. The fourth-order valence-electron chi connectivity index (χ4n) is 0.204. The fourth-order valence-corrected chi connectivity index (χ4v) is 0.204. The molecule has 0 radical (unpaired) electrons. The van der Waals surface area contributed by atoms with E-state index in [9.17, 15) is 0 Å². The second-order valence-corrected chi connectivity index (χ2v) is 1.82. The third kappa shape index (κ3) is 2.41. The van der Waals surface area contributed by atoms with Gasteiger partial charge in [-0.15, -0.1) is 0 Å². The van der Waals surface area contributed by atoms with Crippen LogP contribution in [0.15, 0.2) is 5.10 Å². The van der Waals surface area contributed by atoms with Gasteiger partial charge < -0.3 is 5.73 Å². The fraction of sp³-hybridized carbons (Fsp3) is 0.750. The van der Waals surface area contributed by atoms with Crippen LogP contribution in [0.5, 0.6) is 0 Å². The standard InChI is InChI=1S/C4H12N4/c1-3(2)4(5)7-8-6/h3,8H,6H2,1-2H3,(H2,5,7). The zero-order valence-corrected chi connectivity index (χ0v) is 5.18. The van der Waals surface area contributed by atoms with Crippen molar-refractivity contribution in [2.24, 2.45) is 22.6 Å². The van der Waals surface area contributed by atoms with E-state index in [1.54, 1.807) is 0 Å². The predicted octanol–water partition coefficient (Wildman–Crippen LogP) is -0.622. The van der Waals surface area contributed by atoms with E-state index in [1.807, 2.05) is 13.8 Å². The molecule has 0 spiro atoms. The highest BCUT2D eigenvalue weighted by Crippen LogP contribution is 1.87. The summed E-state index contributed by atoms with van der Waals surface area (Å²) in [5.41, 5.74) is 7.45. The van der Waals surface area contributed by atoms with E-state index in [0.29, 0.717) is 5.84 Å². The normalized spacial score (nSPS) is 12.2. The van der Waals surface area contributed by atoms with Crippen molar-refractivity contribution in [3.8, 4) is 0 Å². The van der Waals surface area contributed by atoms with Crippen molar-refractivity contribution >= 4 is 5.84 Å². The number of hydrazone groups is 1. The maximum absolute atomic E-state index is 5.33. The highest BCUT2D eigenvalue weighted by atomic mass is 15.5. The van der Waals surface area contributed by atoms with Crippen LogP contribution in [0.4, 0.5) is 0 Å². The van der Waals surface area contributed by atoms with Gasteiger partial charge in [-0.05, 0) is 0 Å². The smallest absolute Gasteiger partial charge is 0.123 e. The molecule has 0 aliphatic rings. The number of nitrogens with one attached hydrogen (secondary N) is 1. The first kappa shape index (κ1) is 7.23. The largest absolute Gasteiger partial charge is 0.385 e. The van der Waals surface area contributed by atoms with E-state index in [1.165, 1.54) is 0 Å². The molecule has 0 aromatic rings. The molecule has 0 rings (SSSR count). The Kier molecular flexibility index (Phi) is 2.95. The zero-order chi connectivity index (χ0) is 6.57. The summed E-state index contributed by atoms with van der Waals surface area (Å²) in [5.74, 6) is 5.63. The molecule has 8 heavy (non-hydrogen) atoms. The van der Waals surface area contributed by atoms with Gasteiger partial charge in [0, 0.05) is 5.92 Å². The number of hydrazine groups is 1. The Morgan fingerprint density at radius 2 is 2.12 bits per heavy atom. The van der Waals surface area contributed by atoms with Gasteiger partial charge in [0.2, 0.25) is 0 Å². The summed E-state index contributed by atoms with van der Waals surface area (Å²) in [4.78, 5) is 0. The molecule has 0 heterocycles. The van der Waals surface area contributed by atoms with Gasteiger partial charge in [0.25, 0.3) is 0 Å². The lowest BCUT2D eigenvalue weighted by Gasteiger charge is -2.00. The molecule has 0 aliphatic heterocycles. The SMILES string of the molecule is CC(C)/C(N)=N/NN. The van der Waals surface area contributed by atoms with E-state index in [0.717, 1.165) is 0 Å². The Balaban J connectivity index is 3.61. The van der Waals surface area contributed by atoms with Gasteiger partial charge in [-0.25, -0.2) is 11.4 Å². The molecule has 0 amide bonds. The van der Waals surface area contributed by atoms with Gasteiger partial charge in [0.15, 0.2) is 0 Å². The van der Waals surface area contributed by atoms with Crippen LogP contribution < -0.4 is 17.1 Å². The predicted molar refractivity (Wildman–Crippen MR) is 33.8 cm³/mol. The second-order valence-electron chi connectivity index (χ2n) is 1.82. The zero-order valence-electron chi connectivity index (χ0n) is 5.18. The minimum Gasteiger partial charge on any atom is -0.385 e. The van der Waals surface area contributed by atoms with Crippen LogP contribution >= 0.6 is 0 Å². The van der Waals surface area contributed by atoms with Crippen molar-refractivity contribution in [2.75, 3.05) is 0 Å². The summed E-state index contributed by atoms with van der Waals surface area (Å²) in [6.45, 7) is 3.88. The van der Waals surface area contributed by atoms with Gasteiger partial charge in [0.1, 0.15) is 5.84 Å². The minimum atomic E-state index is 0.256. The average molecular weight is 116 g/mol. The lowest BCUT2D eigenvalue weighted by atomic mass is 10.2. The first-order valence-electron chi connectivity index (χ1n) is 2.47.